The van der Waals surface area contributed by atoms with Crippen LogP contribution in [-0.2, 0) is 11.2 Å². The fourth-order valence-corrected chi connectivity index (χ4v) is 1.72. The summed E-state index contributed by atoms with van der Waals surface area (Å²) in [5, 5.41) is 11.5. The van der Waals surface area contributed by atoms with Gasteiger partial charge in [-0.2, -0.15) is 0 Å². The maximum absolute atomic E-state index is 11.9. The van der Waals surface area contributed by atoms with Crippen LogP contribution in [0.3, 0.4) is 0 Å². The van der Waals surface area contributed by atoms with Crippen LogP contribution in [0.25, 0.3) is 0 Å². The van der Waals surface area contributed by atoms with Crippen molar-refractivity contribution in [2.45, 2.75) is 13.3 Å². The first-order valence-electron chi connectivity index (χ1n) is 5.72. The molecule has 2 rings (SSSR count). The minimum Gasteiger partial charge on any atom is -0.481 e. The molecule has 0 fully saturated rings. The highest BCUT2D eigenvalue weighted by molar-refractivity contribution is 6.04. The smallest absolute Gasteiger partial charge is 0.307 e. The van der Waals surface area contributed by atoms with Gasteiger partial charge in [-0.15, -0.1) is 0 Å². The third-order valence-electron chi connectivity index (χ3n) is 2.60. The molecule has 0 bridgehead atoms. The summed E-state index contributed by atoms with van der Waals surface area (Å²) in [6, 6.07) is 8.43. The van der Waals surface area contributed by atoms with Gasteiger partial charge in [-0.25, -0.2) is 0 Å². The average Bonchev–Trinajstić information content (AvgIpc) is 2.78. The van der Waals surface area contributed by atoms with Crippen LogP contribution in [0.1, 0.15) is 21.7 Å². The van der Waals surface area contributed by atoms with Crippen molar-refractivity contribution < 1.29 is 19.1 Å². The summed E-state index contributed by atoms with van der Waals surface area (Å²) < 4.78 is 5.06. The van der Waals surface area contributed by atoms with Crippen molar-refractivity contribution in [1.82, 2.24) is 0 Å². The van der Waals surface area contributed by atoms with E-state index in [1.807, 2.05) is 0 Å². The minimum absolute atomic E-state index is 0.138. The lowest BCUT2D eigenvalue weighted by molar-refractivity contribution is -0.136. The summed E-state index contributed by atoms with van der Waals surface area (Å²) >= 11 is 0. The summed E-state index contributed by atoms with van der Waals surface area (Å²) in [5.41, 5.74) is 1.46. The van der Waals surface area contributed by atoms with Crippen molar-refractivity contribution in [3.63, 3.8) is 0 Å². The van der Waals surface area contributed by atoms with E-state index < -0.39 is 5.97 Å². The van der Waals surface area contributed by atoms with Gasteiger partial charge in [0.05, 0.1) is 12.0 Å². The first-order chi connectivity index (χ1) is 9.06. The lowest BCUT2D eigenvalue weighted by atomic mass is 10.1. The van der Waals surface area contributed by atoms with Crippen LogP contribution >= 0.6 is 0 Å². The molecule has 5 heteroatoms. The van der Waals surface area contributed by atoms with Gasteiger partial charge in [0, 0.05) is 5.69 Å². The second-order valence-electron chi connectivity index (χ2n) is 4.13. The Labute approximate surface area is 109 Å². The Bertz CT molecular complexity index is 615. The molecule has 0 aliphatic heterocycles. The van der Waals surface area contributed by atoms with E-state index in [1.165, 1.54) is 6.26 Å². The standard InChI is InChI=1S/C14H13NO4/c1-9-6-11(8-19-9)14(18)15-12-5-3-2-4-10(12)7-13(16)17/h2-6,8H,7H2,1H3,(H,15,18)(H,16,17). The molecule has 5 nitrogen and oxygen atoms in total. The Kier molecular flexibility index (Phi) is 3.66. The van der Waals surface area contributed by atoms with E-state index >= 15 is 0 Å². The van der Waals surface area contributed by atoms with Gasteiger partial charge in [0.1, 0.15) is 12.0 Å². The number of aliphatic carboxylic acids is 1. The van der Waals surface area contributed by atoms with Crippen LogP contribution in [0.2, 0.25) is 0 Å². The highest BCUT2D eigenvalue weighted by atomic mass is 16.4. The number of para-hydroxylation sites is 1. The molecule has 0 aliphatic rings. The Morgan fingerprint density at radius 2 is 2.05 bits per heavy atom. The van der Waals surface area contributed by atoms with Crippen LogP contribution in [0.5, 0.6) is 0 Å². The lowest BCUT2D eigenvalue weighted by Crippen LogP contribution is -2.13. The number of hydrogen-bond donors (Lipinski definition) is 2. The van der Waals surface area contributed by atoms with Crippen molar-refractivity contribution in [1.29, 1.82) is 0 Å². The maximum atomic E-state index is 11.9. The van der Waals surface area contributed by atoms with Gasteiger partial charge in [-0.1, -0.05) is 18.2 Å². The van der Waals surface area contributed by atoms with Gasteiger partial charge in [0.2, 0.25) is 0 Å². The van der Waals surface area contributed by atoms with Gasteiger partial charge in [0.15, 0.2) is 0 Å². The maximum Gasteiger partial charge on any atom is 0.307 e. The van der Waals surface area contributed by atoms with Gasteiger partial charge < -0.3 is 14.8 Å². The molecule has 2 aromatic rings. The number of benzene rings is 1. The van der Waals surface area contributed by atoms with Crippen LogP contribution in [0, 0.1) is 6.92 Å². The third kappa shape index (κ3) is 3.22. The summed E-state index contributed by atoms with van der Waals surface area (Å²) in [7, 11) is 0. The second kappa shape index (κ2) is 5.39. The third-order valence-corrected chi connectivity index (χ3v) is 2.60. The Balaban J connectivity index is 2.19. The first kappa shape index (κ1) is 12.9. The largest absolute Gasteiger partial charge is 0.481 e. The molecule has 1 amide bonds. The van der Waals surface area contributed by atoms with E-state index in [0.717, 1.165) is 0 Å². The molecule has 1 heterocycles. The zero-order valence-corrected chi connectivity index (χ0v) is 10.3. The van der Waals surface area contributed by atoms with Crippen LogP contribution in [-0.4, -0.2) is 17.0 Å². The van der Waals surface area contributed by atoms with E-state index in [-0.39, 0.29) is 12.3 Å². The molecule has 98 valence electrons. The molecule has 0 radical (unpaired) electrons. The number of carbonyl (C=O) groups is 2. The molecule has 19 heavy (non-hydrogen) atoms. The molecule has 0 atom stereocenters. The first-order valence-corrected chi connectivity index (χ1v) is 5.72. The molecular formula is C14H13NO4. The summed E-state index contributed by atoms with van der Waals surface area (Å²) in [5.74, 6) is -0.625. The number of hydrogen-bond acceptors (Lipinski definition) is 3. The Morgan fingerprint density at radius 3 is 2.68 bits per heavy atom. The fraction of sp³-hybridized carbons (Fsp3) is 0.143. The molecule has 2 N–H and O–H groups in total. The van der Waals surface area contributed by atoms with E-state index in [9.17, 15) is 9.59 Å². The summed E-state index contributed by atoms with van der Waals surface area (Å²) in [6.07, 6.45) is 1.23. The quantitative estimate of drug-likeness (QED) is 0.883. The number of aryl methyl sites for hydroxylation is 1. The molecule has 1 aromatic carbocycles. The van der Waals surface area contributed by atoms with Crippen molar-refractivity contribution in [3.8, 4) is 0 Å². The monoisotopic (exact) mass is 259 g/mol. The molecular weight excluding hydrogens is 246 g/mol. The average molecular weight is 259 g/mol. The number of nitrogens with one attached hydrogen (secondary N) is 1. The van der Waals surface area contributed by atoms with Crippen molar-refractivity contribution in [3.05, 3.63) is 53.5 Å². The van der Waals surface area contributed by atoms with Crippen LogP contribution in [0.15, 0.2) is 41.0 Å². The molecule has 0 spiro atoms. The van der Waals surface area contributed by atoms with Gasteiger partial charge in [-0.05, 0) is 24.6 Å². The van der Waals surface area contributed by atoms with E-state index in [0.29, 0.717) is 22.6 Å². The van der Waals surface area contributed by atoms with Gasteiger partial charge >= 0.3 is 5.97 Å². The molecule has 0 aliphatic carbocycles. The van der Waals surface area contributed by atoms with Crippen LogP contribution < -0.4 is 5.32 Å². The topological polar surface area (TPSA) is 79.5 Å². The number of carbonyl (C=O) groups excluding carboxylic acids is 1. The summed E-state index contributed by atoms with van der Waals surface area (Å²) in [6.45, 7) is 1.75. The van der Waals surface area contributed by atoms with Crippen molar-refractivity contribution in [2.24, 2.45) is 0 Å². The molecule has 1 aromatic heterocycles. The second-order valence-corrected chi connectivity index (χ2v) is 4.13. The molecule has 0 unspecified atom stereocenters. The normalized spacial score (nSPS) is 10.2. The zero-order chi connectivity index (χ0) is 13.8. The molecule has 0 saturated carbocycles. The van der Waals surface area contributed by atoms with Crippen molar-refractivity contribution in [2.75, 3.05) is 5.32 Å². The van der Waals surface area contributed by atoms with E-state index in [2.05, 4.69) is 5.32 Å². The van der Waals surface area contributed by atoms with E-state index in [4.69, 9.17) is 9.52 Å². The number of rotatable bonds is 4. The Morgan fingerprint density at radius 1 is 1.32 bits per heavy atom. The predicted octanol–water partition coefficient (Wildman–Crippen LogP) is 2.47. The predicted molar refractivity (Wildman–Crippen MR) is 69.2 cm³/mol. The summed E-state index contributed by atoms with van der Waals surface area (Å²) in [4.78, 5) is 22.7. The minimum atomic E-state index is -0.944. The number of amides is 1. The van der Waals surface area contributed by atoms with Crippen LogP contribution in [0.4, 0.5) is 5.69 Å². The number of anilines is 1. The number of furan rings is 1. The highest BCUT2D eigenvalue weighted by Crippen LogP contribution is 2.17. The SMILES string of the molecule is Cc1cc(C(=O)Nc2ccccc2CC(=O)O)co1. The van der Waals surface area contributed by atoms with Gasteiger partial charge in [0.25, 0.3) is 5.91 Å². The number of carboxylic acids is 1. The van der Waals surface area contributed by atoms with Gasteiger partial charge in [-0.3, -0.25) is 9.59 Å². The van der Waals surface area contributed by atoms with Crippen molar-refractivity contribution >= 4 is 17.6 Å². The number of carboxylic acid groups (broad SMARTS) is 1. The highest BCUT2D eigenvalue weighted by Gasteiger charge is 2.12. The van der Waals surface area contributed by atoms with E-state index in [1.54, 1.807) is 37.3 Å². The lowest BCUT2D eigenvalue weighted by Gasteiger charge is -2.08. The zero-order valence-electron chi connectivity index (χ0n) is 10.3. The fourth-order valence-electron chi connectivity index (χ4n) is 1.72. The Hall–Kier alpha value is -2.56. The molecule has 0 saturated heterocycles.